The van der Waals surface area contributed by atoms with Gasteiger partial charge in [-0.2, -0.15) is 0 Å². The topological polar surface area (TPSA) is 76.2 Å². The van der Waals surface area contributed by atoms with Crippen LogP contribution in [0.5, 0.6) is 0 Å². The van der Waals surface area contributed by atoms with E-state index in [0.29, 0.717) is 19.6 Å². The molecular weight excluding hydrogens is 548 g/mol. The summed E-state index contributed by atoms with van der Waals surface area (Å²) in [5.74, 6) is -0.924. The van der Waals surface area contributed by atoms with Gasteiger partial charge in [0.1, 0.15) is 12.1 Å². The Bertz CT molecular complexity index is 1530. The molecule has 0 bridgehead atoms. The van der Waals surface area contributed by atoms with Crippen LogP contribution in [-0.2, 0) is 43.4 Å². The molecule has 218 valence electrons. The van der Waals surface area contributed by atoms with E-state index in [1.807, 2.05) is 91.2 Å². The van der Waals surface area contributed by atoms with Crippen molar-refractivity contribution in [2.45, 2.75) is 45.4 Å². The molecule has 0 N–H and O–H groups in total. The van der Waals surface area contributed by atoms with Gasteiger partial charge in [-0.15, -0.1) is 11.3 Å². The molecule has 0 spiro atoms. The average Bonchev–Trinajstić information content (AvgIpc) is 3.38. The summed E-state index contributed by atoms with van der Waals surface area (Å²) in [6.45, 7) is 4.75. The molecule has 2 amide bonds. The van der Waals surface area contributed by atoms with Gasteiger partial charge < -0.3 is 19.3 Å². The molecule has 4 aromatic rings. The maximum Gasteiger partial charge on any atom is 0.325 e. The summed E-state index contributed by atoms with van der Waals surface area (Å²) in [5, 5.41) is 3.07. The fourth-order valence-corrected chi connectivity index (χ4v) is 6.36. The summed E-state index contributed by atoms with van der Waals surface area (Å²) in [4.78, 5) is 44.1. The molecule has 8 heteroatoms. The number of fused-ring (bicyclic) bond motifs is 1. The van der Waals surface area contributed by atoms with E-state index in [-0.39, 0.29) is 44.5 Å². The first-order valence-electron chi connectivity index (χ1n) is 14.3. The zero-order valence-electron chi connectivity index (χ0n) is 24.1. The lowest BCUT2D eigenvalue weighted by molar-refractivity contribution is -0.175. The van der Waals surface area contributed by atoms with Crippen LogP contribution in [0.1, 0.15) is 35.6 Å². The Labute approximate surface area is 250 Å². The highest BCUT2D eigenvalue weighted by atomic mass is 32.1. The van der Waals surface area contributed by atoms with E-state index in [0.717, 1.165) is 32.3 Å². The van der Waals surface area contributed by atoms with E-state index in [9.17, 15) is 14.4 Å². The van der Waals surface area contributed by atoms with Gasteiger partial charge in [-0.3, -0.25) is 14.4 Å². The molecular formula is C34H36N2O5S. The second-order valence-corrected chi connectivity index (χ2v) is 11.6. The molecule has 1 aliphatic heterocycles. The number of thiophene rings is 1. The number of rotatable bonds is 12. The highest BCUT2D eigenvalue weighted by Crippen LogP contribution is 2.36. The van der Waals surface area contributed by atoms with Gasteiger partial charge >= 0.3 is 5.97 Å². The molecule has 7 nitrogen and oxygen atoms in total. The normalized spacial score (nSPS) is 16.2. The second kappa shape index (κ2) is 13.3. The number of amides is 2. The summed E-state index contributed by atoms with van der Waals surface area (Å²) < 4.78 is 12.5. The van der Waals surface area contributed by atoms with Crippen molar-refractivity contribution in [1.29, 1.82) is 0 Å². The van der Waals surface area contributed by atoms with E-state index in [2.05, 4.69) is 0 Å². The lowest BCUT2D eigenvalue weighted by atomic mass is 9.82. The molecule has 5 rings (SSSR count). The molecule has 0 saturated carbocycles. The minimum atomic E-state index is -1.21. The fourth-order valence-electron chi connectivity index (χ4n) is 5.40. The van der Waals surface area contributed by atoms with Crippen molar-refractivity contribution >= 4 is 39.2 Å². The lowest BCUT2D eigenvalue weighted by Crippen LogP contribution is -2.72. The number of hydrogen-bond donors (Lipinski definition) is 0. The minimum Gasteiger partial charge on any atom is -0.465 e. The maximum absolute atomic E-state index is 14.5. The van der Waals surface area contributed by atoms with Crippen molar-refractivity contribution in [1.82, 2.24) is 9.80 Å². The third-order valence-corrected chi connectivity index (χ3v) is 8.74. The van der Waals surface area contributed by atoms with Crippen LogP contribution in [0.3, 0.4) is 0 Å². The van der Waals surface area contributed by atoms with Crippen molar-refractivity contribution in [2.24, 2.45) is 0 Å². The summed E-state index contributed by atoms with van der Waals surface area (Å²) in [5.41, 5.74) is 2.70. The molecule has 2 heterocycles. The smallest absolute Gasteiger partial charge is 0.325 e. The number of nitrogens with zero attached hydrogens (tertiary/aromatic N) is 2. The van der Waals surface area contributed by atoms with Gasteiger partial charge in [-0.1, -0.05) is 78.4 Å². The summed E-state index contributed by atoms with van der Waals surface area (Å²) in [6.07, 6.45) is 0.636. The Morgan fingerprint density at radius 1 is 0.952 bits per heavy atom. The van der Waals surface area contributed by atoms with Crippen LogP contribution in [0.4, 0.5) is 0 Å². The molecule has 42 heavy (non-hydrogen) atoms. The predicted octanol–water partition coefficient (Wildman–Crippen LogP) is 5.53. The molecule has 1 unspecified atom stereocenters. The number of benzene rings is 3. The van der Waals surface area contributed by atoms with E-state index < -0.39 is 11.5 Å². The largest absolute Gasteiger partial charge is 0.465 e. The van der Waals surface area contributed by atoms with Gasteiger partial charge in [0, 0.05) is 17.8 Å². The quantitative estimate of drug-likeness (QED) is 0.205. The standard InChI is InChI=1S/C34H36N2O5S/c1-3-41-32(38)21-35(20-26-15-13-25(2)14-16-26)33(39)34(24-40-22-27-9-5-4-6-10-27)17-18-36(34)31(37)19-28-23-42-30-12-8-7-11-29(28)30/h4-16,23H,3,17-22,24H2,1-2H3. The number of likely N-dealkylation sites (tertiary alicyclic amines) is 1. The third kappa shape index (κ3) is 6.55. The van der Waals surface area contributed by atoms with Crippen LogP contribution in [0.25, 0.3) is 10.1 Å². The van der Waals surface area contributed by atoms with Crippen LogP contribution in [0, 0.1) is 6.92 Å². The highest BCUT2D eigenvalue weighted by Gasteiger charge is 2.55. The SMILES string of the molecule is CCOC(=O)CN(Cc1ccc(C)cc1)C(=O)C1(COCc2ccccc2)CCN1C(=O)Cc1csc2ccccc12. The van der Waals surface area contributed by atoms with Crippen molar-refractivity contribution in [3.8, 4) is 0 Å². The highest BCUT2D eigenvalue weighted by molar-refractivity contribution is 7.17. The molecule has 0 aliphatic carbocycles. The Morgan fingerprint density at radius 2 is 1.69 bits per heavy atom. The first-order valence-corrected chi connectivity index (χ1v) is 15.2. The molecule has 1 fully saturated rings. The summed E-state index contributed by atoms with van der Waals surface area (Å²) in [7, 11) is 0. The number of carbonyl (C=O) groups excluding carboxylic acids is 3. The first-order chi connectivity index (χ1) is 20.4. The Balaban J connectivity index is 1.42. The van der Waals surface area contributed by atoms with Crippen LogP contribution in [0.2, 0.25) is 0 Å². The number of carbonyl (C=O) groups is 3. The van der Waals surface area contributed by atoms with E-state index in [4.69, 9.17) is 9.47 Å². The van der Waals surface area contributed by atoms with Crippen LogP contribution in [-0.4, -0.2) is 59.4 Å². The van der Waals surface area contributed by atoms with Gasteiger partial charge in [0.05, 0.1) is 26.2 Å². The van der Waals surface area contributed by atoms with E-state index in [1.165, 1.54) is 4.90 Å². The van der Waals surface area contributed by atoms with Gasteiger partial charge in [0.2, 0.25) is 5.91 Å². The van der Waals surface area contributed by atoms with E-state index in [1.54, 1.807) is 23.2 Å². The van der Waals surface area contributed by atoms with Gasteiger partial charge in [0.25, 0.3) is 5.91 Å². The zero-order valence-corrected chi connectivity index (χ0v) is 24.9. The monoisotopic (exact) mass is 584 g/mol. The number of aryl methyl sites for hydroxylation is 1. The third-order valence-electron chi connectivity index (χ3n) is 7.73. The minimum absolute atomic E-state index is 0.0318. The average molecular weight is 585 g/mol. The van der Waals surface area contributed by atoms with Gasteiger partial charge in [-0.05, 0) is 53.8 Å². The van der Waals surface area contributed by atoms with E-state index >= 15 is 0 Å². The molecule has 1 aromatic heterocycles. The molecule has 1 saturated heterocycles. The van der Waals surface area contributed by atoms with Gasteiger partial charge in [0.15, 0.2) is 0 Å². The van der Waals surface area contributed by atoms with Crippen LogP contribution in [0.15, 0.2) is 84.2 Å². The molecule has 3 aromatic carbocycles. The summed E-state index contributed by atoms with van der Waals surface area (Å²) >= 11 is 1.61. The van der Waals surface area contributed by atoms with Crippen molar-refractivity contribution < 1.29 is 23.9 Å². The van der Waals surface area contributed by atoms with Gasteiger partial charge in [-0.25, -0.2) is 0 Å². The summed E-state index contributed by atoms with van der Waals surface area (Å²) in [6, 6.07) is 25.6. The van der Waals surface area contributed by atoms with Crippen molar-refractivity contribution in [3.05, 3.63) is 106 Å². The Morgan fingerprint density at radius 3 is 2.40 bits per heavy atom. The van der Waals surface area contributed by atoms with Crippen LogP contribution < -0.4 is 0 Å². The Hall–Kier alpha value is -4.01. The zero-order chi connectivity index (χ0) is 29.5. The second-order valence-electron chi connectivity index (χ2n) is 10.7. The maximum atomic E-state index is 14.5. The lowest BCUT2D eigenvalue weighted by Gasteiger charge is -2.52. The fraction of sp³-hybridized carbons (Fsp3) is 0.324. The van der Waals surface area contributed by atoms with Crippen LogP contribution >= 0.6 is 11.3 Å². The predicted molar refractivity (Wildman–Crippen MR) is 164 cm³/mol. The molecule has 1 atom stereocenters. The van der Waals surface area contributed by atoms with Crippen molar-refractivity contribution in [3.63, 3.8) is 0 Å². The molecule has 1 aliphatic rings. The number of hydrogen-bond acceptors (Lipinski definition) is 6. The Kier molecular flexibility index (Phi) is 9.35. The number of esters is 1. The van der Waals surface area contributed by atoms with Crippen molar-refractivity contribution in [2.75, 3.05) is 26.3 Å². The first kappa shape index (κ1) is 29.5. The molecule has 0 radical (unpaired) electrons. The number of ether oxygens (including phenoxy) is 2.